The van der Waals surface area contributed by atoms with E-state index in [4.69, 9.17) is 13.7 Å². The molecule has 0 atom stereocenters. The summed E-state index contributed by atoms with van der Waals surface area (Å²) in [6.45, 7) is 8.50. The number of carbonyl (C=O) groups is 3. The van der Waals surface area contributed by atoms with Crippen molar-refractivity contribution in [3.05, 3.63) is 45.8 Å². The molecule has 0 unspecified atom stereocenters. The van der Waals surface area contributed by atoms with Gasteiger partial charge in [0.2, 0.25) is 11.8 Å². The van der Waals surface area contributed by atoms with Gasteiger partial charge < -0.3 is 13.7 Å². The van der Waals surface area contributed by atoms with Crippen LogP contribution in [-0.2, 0) is 16.0 Å². The summed E-state index contributed by atoms with van der Waals surface area (Å²) in [4.78, 5) is 36.9. The van der Waals surface area contributed by atoms with Crippen LogP contribution in [0.4, 0.5) is 5.88 Å². The molecule has 0 bridgehead atoms. The van der Waals surface area contributed by atoms with Crippen LogP contribution in [0.15, 0.2) is 21.1 Å². The first-order valence-corrected chi connectivity index (χ1v) is 9.19. The number of aryl methyl sites for hydroxylation is 3. The molecule has 1 N–H and O–H groups in total. The maximum atomic E-state index is 12.6. The Hall–Kier alpha value is -3.42. The lowest BCUT2D eigenvalue weighted by Gasteiger charge is -2.06. The lowest BCUT2D eigenvalue weighted by atomic mass is 10.0. The van der Waals surface area contributed by atoms with E-state index in [0.717, 1.165) is 16.5 Å². The van der Waals surface area contributed by atoms with E-state index in [9.17, 15) is 14.4 Å². The molecule has 2 heterocycles. The standard InChI is InChI=1S/C21H22N2O6/c1-6-27-21(26)19-18(12(4)24)13(5)28-20(19)22-16(25)9-14-17-11(3)7-10(2)8-15(17)29-23-14/h7-8H,6,9H2,1-5H3,(H,22,25). The van der Waals surface area contributed by atoms with E-state index < -0.39 is 11.9 Å². The highest BCUT2D eigenvalue weighted by Crippen LogP contribution is 2.29. The number of carbonyl (C=O) groups excluding carboxylic acids is 3. The number of benzene rings is 1. The summed E-state index contributed by atoms with van der Waals surface area (Å²) in [5.74, 6) is -1.44. The summed E-state index contributed by atoms with van der Waals surface area (Å²) < 4.78 is 15.8. The molecule has 8 heteroatoms. The van der Waals surface area contributed by atoms with Crippen molar-refractivity contribution in [1.82, 2.24) is 5.16 Å². The van der Waals surface area contributed by atoms with Crippen molar-refractivity contribution < 1.29 is 28.1 Å². The summed E-state index contributed by atoms with van der Waals surface area (Å²) in [6, 6.07) is 3.83. The Bertz CT molecular complexity index is 1120. The highest BCUT2D eigenvalue weighted by Gasteiger charge is 2.29. The number of aromatic nitrogens is 1. The van der Waals surface area contributed by atoms with Gasteiger partial charge in [-0.2, -0.15) is 0 Å². The molecule has 0 aliphatic rings. The fraction of sp³-hybridized carbons (Fsp3) is 0.333. The van der Waals surface area contributed by atoms with Crippen LogP contribution < -0.4 is 5.32 Å². The number of hydrogen-bond acceptors (Lipinski definition) is 7. The van der Waals surface area contributed by atoms with Crippen molar-refractivity contribution in [3.63, 3.8) is 0 Å². The number of ketones is 1. The summed E-state index contributed by atoms with van der Waals surface area (Å²) >= 11 is 0. The molecule has 1 amide bonds. The monoisotopic (exact) mass is 398 g/mol. The van der Waals surface area contributed by atoms with Crippen LogP contribution >= 0.6 is 0 Å². The summed E-state index contributed by atoms with van der Waals surface area (Å²) in [5.41, 5.74) is 3.07. The first kappa shape index (κ1) is 20.3. The molecule has 1 aromatic carbocycles. The van der Waals surface area contributed by atoms with Crippen molar-refractivity contribution in [2.75, 3.05) is 11.9 Å². The first-order chi connectivity index (χ1) is 13.7. The maximum Gasteiger partial charge on any atom is 0.344 e. The number of nitrogens with one attached hydrogen (secondary N) is 1. The van der Waals surface area contributed by atoms with Gasteiger partial charge in [-0.15, -0.1) is 0 Å². The quantitative estimate of drug-likeness (QED) is 0.495. The smallest absolute Gasteiger partial charge is 0.344 e. The van der Waals surface area contributed by atoms with E-state index in [0.29, 0.717) is 11.3 Å². The van der Waals surface area contributed by atoms with E-state index in [1.165, 1.54) is 6.92 Å². The van der Waals surface area contributed by atoms with Crippen LogP contribution in [-0.4, -0.2) is 29.4 Å². The fourth-order valence-electron chi connectivity index (χ4n) is 3.42. The van der Waals surface area contributed by atoms with Gasteiger partial charge in [0.25, 0.3) is 0 Å². The summed E-state index contributed by atoms with van der Waals surface area (Å²) in [5, 5.41) is 7.34. The Balaban J connectivity index is 1.91. The Labute approximate surface area is 167 Å². The zero-order valence-corrected chi connectivity index (χ0v) is 17.0. The van der Waals surface area contributed by atoms with E-state index >= 15 is 0 Å². The third-order valence-corrected chi connectivity index (χ3v) is 4.48. The Morgan fingerprint density at radius 3 is 2.52 bits per heavy atom. The molecule has 3 aromatic rings. The van der Waals surface area contributed by atoms with Gasteiger partial charge in [0.05, 0.1) is 18.6 Å². The number of anilines is 1. The summed E-state index contributed by atoms with van der Waals surface area (Å²) in [7, 11) is 0. The van der Waals surface area contributed by atoms with Crippen molar-refractivity contribution >= 4 is 34.5 Å². The second kappa shape index (κ2) is 7.90. The zero-order valence-electron chi connectivity index (χ0n) is 17.0. The number of rotatable bonds is 6. The van der Waals surface area contributed by atoms with Gasteiger partial charge in [-0.3, -0.25) is 14.9 Å². The van der Waals surface area contributed by atoms with Crippen molar-refractivity contribution in [2.24, 2.45) is 0 Å². The minimum Gasteiger partial charge on any atom is -0.462 e. The second-order valence-corrected chi connectivity index (χ2v) is 6.82. The molecular weight excluding hydrogens is 376 g/mol. The third kappa shape index (κ3) is 3.91. The highest BCUT2D eigenvalue weighted by molar-refractivity contribution is 6.11. The van der Waals surface area contributed by atoms with Crippen molar-refractivity contribution in [1.29, 1.82) is 0 Å². The molecule has 8 nitrogen and oxygen atoms in total. The molecule has 152 valence electrons. The number of fused-ring (bicyclic) bond motifs is 1. The largest absolute Gasteiger partial charge is 0.462 e. The Kier molecular flexibility index (Phi) is 5.54. The number of hydrogen-bond donors (Lipinski definition) is 1. The predicted molar refractivity (Wildman–Crippen MR) is 105 cm³/mol. The van der Waals surface area contributed by atoms with Crippen LogP contribution in [0.25, 0.3) is 11.0 Å². The number of furan rings is 1. The maximum absolute atomic E-state index is 12.6. The molecule has 0 spiro atoms. The molecule has 0 saturated heterocycles. The number of esters is 1. The predicted octanol–water partition coefficient (Wildman–Crippen LogP) is 3.91. The van der Waals surface area contributed by atoms with Gasteiger partial charge in [0.1, 0.15) is 17.0 Å². The molecule has 29 heavy (non-hydrogen) atoms. The third-order valence-electron chi connectivity index (χ3n) is 4.48. The lowest BCUT2D eigenvalue weighted by molar-refractivity contribution is -0.115. The van der Waals surface area contributed by atoms with Crippen LogP contribution in [0.1, 0.15) is 57.1 Å². The SMILES string of the molecule is CCOC(=O)c1c(NC(=O)Cc2noc3cc(C)cc(C)c23)oc(C)c1C(C)=O. The number of amides is 1. The van der Waals surface area contributed by atoms with Gasteiger partial charge in [-0.25, -0.2) is 4.79 Å². The number of Topliss-reactive ketones (excluding diaryl/α,β-unsaturated/α-hetero) is 1. The lowest BCUT2D eigenvalue weighted by Crippen LogP contribution is -2.18. The van der Waals surface area contributed by atoms with Gasteiger partial charge in [0.15, 0.2) is 11.4 Å². The fourth-order valence-corrected chi connectivity index (χ4v) is 3.42. The minimum absolute atomic E-state index is 0.0815. The van der Waals surface area contributed by atoms with Crippen molar-refractivity contribution in [2.45, 2.75) is 41.0 Å². The first-order valence-electron chi connectivity index (χ1n) is 9.19. The topological polar surface area (TPSA) is 112 Å². The summed E-state index contributed by atoms with van der Waals surface area (Å²) in [6.07, 6.45) is -0.0890. The molecule has 0 radical (unpaired) electrons. The second-order valence-electron chi connectivity index (χ2n) is 6.82. The van der Waals surface area contributed by atoms with E-state index in [2.05, 4.69) is 10.5 Å². The van der Waals surface area contributed by atoms with Gasteiger partial charge in [-0.1, -0.05) is 11.2 Å². The molecule has 2 aromatic heterocycles. The van der Waals surface area contributed by atoms with E-state index in [1.54, 1.807) is 13.8 Å². The molecule has 3 rings (SSSR count). The van der Waals surface area contributed by atoms with Crippen LogP contribution in [0.3, 0.4) is 0 Å². The van der Waals surface area contributed by atoms with Gasteiger partial charge in [-0.05, 0) is 51.8 Å². The van der Waals surface area contributed by atoms with E-state index in [-0.39, 0.29) is 41.6 Å². The molecule has 0 fully saturated rings. The van der Waals surface area contributed by atoms with Gasteiger partial charge in [0, 0.05) is 5.39 Å². The number of nitrogens with zero attached hydrogens (tertiary/aromatic N) is 1. The average molecular weight is 398 g/mol. The number of ether oxygens (including phenoxy) is 1. The Morgan fingerprint density at radius 1 is 1.14 bits per heavy atom. The molecular formula is C21H22N2O6. The highest BCUT2D eigenvalue weighted by atomic mass is 16.5. The molecule has 0 saturated carbocycles. The van der Waals surface area contributed by atoms with E-state index in [1.807, 2.05) is 26.0 Å². The van der Waals surface area contributed by atoms with Crippen molar-refractivity contribution in [3.8, 4) is 0 Å². The molecule has 0 aliphatic carbocycles. The minimum atomic E-state index is -0.733. The molecule has 0 aliphatic heterocycles. The average Bonchev–Trinajstić information content (AvgIpc) is 3.15. The van der Waals surface area contributed by atoms with Crippen LogP contribution in [0, 0.1) is 20.8 Å². The van der Waals surface area contributed by atoms with Crippen LogP contribution in [0.5, 0.6) is 0 Å². The Morgan fingerprint density at radius 2 is 1.86 bits per heavy atom. The van der Waals surface area contributed by atoms with Gasteiger partial charge >= 0.3 is 5.97 Å². The normalized spacial score (nSPS) is 10.9. The van der Waals surface area contributed by atoms with Crippen LogP contribution in [0.2, 0.25) is 0 Å². The zero-order chi connectivity index (χ0) is 21.3.